The van der Waals surface area contributed by atoms with E-state index in [-0.39, 0.29) is 0 Å². The minimum Gasteiger partial charge on any atom is -0.290 e. The minimum atomic E-state index is 0.343. The van der Waals surface area contributed by atoms with Gasteiger partial charge in [0, 0.05) is 0 Å². The molecule has 0 aromatic carbocycles. The van der Waals surface area contributed by atoms with Crippen molar-refractivity contribution in [1.82, 2.24) is 30.4 Å². The molecule has 0 spiro atoms. The van der Waals surface area contributed by atoms with Crippen molar-refractivity contribution >= 4 is 11.9 Å². The van der Waals surface area contributed by atoms with E-state index in [4.69, 9.17) is 0 Å². The molecule has 0 amide bonds. The standard InChI is InChI=1S/C6H5N7/c1-3-9-12-5(7-1)11-6-8-2-4-10-13-6/h1-4H,(H,7,8,11,12,13). The molecule has 0 aliphatic carbocycles. The highest BCUT2D eigenvalue weighted by Gasteiger charge is 1.97. The van der Waals surface area contributed by atoms with E-state index in [1.54, 1.807) is 0 Å². The first-order chi connectivity index (χ1) is 6.45. The summed E-state index contributed by atoms with van der Waals surface area (Å²) in [5, 5.41) is 17.4. The molecule has 0 saturated carbocycles. The van der Waals surface area contributed by atoms with Gasteiger partial charge in [0.1, 0.15) is 0 Å². The summed E-state index contributed by atoms with van der Waals surface area (Å²) in [4.78, 5) is 7.76. The van der Waals surface area contributed by atoms with Crippen LogP contribution in [0.15, 0.2) is 24.8 Å². The molecule has 2 heterocycles. The molecule has 0 fully saturated rings. The van der Waals surface area contributed by atoms with Gasteiger partial charge in [-0.1, -0.05) is 0 Å². The molecule has 2 aromatic heterocycles. The Morgan fingerprint density at radius 3 is 1.69 bits per heavy atom. The molecule has 64 valence electrons. The molecule has 0 bridgehead atoms. The van der Waals surface area contributed by atoms with Crippen LogP contribution in [0.1, 0.15) is 0 Å². The highest BCUT2D eigenvalue weighted by molar-refractivity contribution is 5.39. The number of nitrogens with zero attached hydrogens (tertiary/aromatic N) is 6. The monoisotopic (exact) mass is 175 g/mol. The van der Waals surface area contributed by atoms with E-state index in [2.05, 4.69) is 35.7 Å². The normalized spacial score (nSPS) is 9.54. The van der Waals surface area contributed by atoms with Crippen LogP contribution >= 0.6 is 0 Å². The lowest BCUT2D eigenvalue weighted by molar-refractivity contribution is 0.940. The van der Waals surface area contributed by atoms with Gasteiger partial charge in [-0.15, -0.1) is 10.2 Å². The second kappa shape index (κ2) is 3.48. The van der Waals surface area contributed by atoms with Gasteiger partial charge in [0.15, 0.2) is 0 Å². The first kappa shape index (κ1) is 7.47. The average Bonchev–Trinajstić information content (AvgIpc) is 2.21. The largest absolute Gasteiger partial charge is 0.290 e. The topological polar surface area (TPSA) is 89.4 Å². The summed E-state index contributed by atoms with van der Waals surface area (Å²) in [6, 6.07) is 0. The molecule has 0 radical (unpaired) electrons. The fourth-order valence-corrected chi connectivity index (χ4v) is 0.710. The first-order valence-corrected chi connectivity index (χ1v) is 3.49. The van der Waals surface area contributed by atoms with E-state index in [9.17, 15) is 0 Å². The van der Waals surface area contributed by atoms with Crippen LogP contribution in [-0.4, -0.2) is 30.4 Å². The van der Waals surface area contributed by atoms with Crippen LogP contribution in [0.3, 0.4) is 0 Å². The highest BCUT2D eigenvalue weighted by Crippen LogP contribution is 2.00. The zero-order valence-corrected chi connectivity index (χ0v) is 6.49. The lowest BCUT2D eigenvalue weighted by Gasteiger charge is -1.97. The maximum atomic E-state index is 3.88. The second-order valence-corrected chi connectivity index (χ2v) is 2.06. The Labute approximate surface area is 73.3 Å². The Balaban J connectivity index is 2.16. The third-order valence-corrected chi connectivity index (χ3v) is 1.19. The smallest absolute Gasteiger partial charge is 0.249 e. The van der Waals surface area contributed by atoms with Gasteiger partial charge < -0.3 is 0 Å². The summed E-state index contributed by atoms with van der Waals surface area (Å²) < 4.78 is 0. The van der Waals surface area contributed by atoms with E-state index >= 15 is 0 Å². The van der Waals surface area contributed by atoms with E-state index in [0.717, 1.165) is 0 Å². The molecule has 0 unspecified atom stereocenters. The van der Waals surface area contributed by atoms with Gasteiger partial charge in [-0.3, -0.25) is 5.32 Å². The van der Waals surface area contributed by atoms with Crippen LogP contribution in [-0.2, 0) is 0 Å². The Hall–Kier alpha value is -2.18. The van der Waals surface area contributed by atoms with Gasteiger partial charge in [0.05, 0.1) is 24.8 Å². The summed E-state index contributed by atoms with van der Waals surface area (Å²) in [6.45, 7) is 0. The molecular weight excluding hydrogens is 170 g/mol. The van der Waals surface area contributed by atoms with Gasteiger partial charge >= 0.3 is 0 Å². The van der Waals surface area contributed by atoms with E-state index in [1.807, 2.05) is 0 Å². The van der Waals surface area contributed by atoms with Crippen molar-refractivity contribution in [3.05, 3.63) is 24.8 Å². The number of rotatable bonds is 2. The molecule has 0 aliphatic heterocycles. The van der Waals surface area contributed by atoms with Gasteiger partial charge in [0.2, 0.25) is 11.9 Å². The predicted molar refractivity (Wildman–Crippen MR) is 42.9 cm³/mol. The van der Waals surface area contributed by atoms with Crippen LogP contribution in [0, 0.1) is 0 Å². The molecule has 0 atom stereocenters. The number of aromatic nitrogens is 6. The predicted octanol–water partition coefficient (Wildman–Crippen LogP) is -0.200. The Bertz CT molecular complexity index is 324. The van der Waals surface area contributed by atoms with Gasteiger partial charge in [-0.05, 0) is 0 Å². The highest BCUT2D eigenvalue weighted by atomic mass is 15.3. The second-order valence-electron chi connectivity index (χ2n) is 2.06. The molecule has 2 rings (SSSR count). The molecule has 0 saturated heterocycles. The van der Waals surface area contributed by atoms with Crippen LogP contribution in [0.2, 0.25) is 0 Å². The number of anilines is 2. The third-order valence-electron chi connectivity index (χ3n) is 1.19. The van der Waals surface area contributed by atoms with Crippen molar-refractivity contribution in [2.24, 2.45) is 0 Å². The van der Waals surface area contributed by atoms with Crippen LogP contribution < -0.4 is 5.32 Å². The number of nitrogens with one attached hydrogen (secondary N) is 1. The average molecular weight is 175 g/mol. The van der Waals surface area contributed by atoms with Crippen molar-refractivity contribution in [3.8, 4) is 0 Å². The summed E-state index contributed by atoms with van der Waals surface area (Å²) >= 11 is 0. The summed E-state index contributed by atoms with van der Waals surface area (Å²) in [5.74, 6) is 0.686. The van der Waals surface area contributed by atoms with Gasteiger partial charge in [-0.25, -0.2) is 9.97 Å². The SMILES string of the molecule is c1cnc(Nc2nccnn2)nn1. The molecule has 1 N–H and O–H groups in total. The summed E-state index contributed by atoms with van der Waals surface area (Å²) in [5.41, 5.74) is 0. The molecule has 2 aromatic rings. The molecule has 7 heteroatoms. The van der Waals surface area contributed by atoms with Crippen molar-refractivity contribution < 1.29 is 0 Å². The Morgan fingerprint density at radius 2 is 1.31 bits per heavy atom. The molecule has 7 nitrogen and oxygen atoms in total. The Morgan fingerprint density at radius 1 is 0.769 bits per heavy atom. The van der Waals surface area contributed by atoms with Crippen LogP contribution in [0.25, 0.3) is 0 Å². The van der Waals surface area contributed by atoms with Crippen molar-refractivity contribution in [3.63, 3.8) is 0 Å². The maximum Gasteiger partial charge on any atom is 0.249 e. The summed E-state index contributed by atoms with van der Waals surface area (Å²) in [7, 11) is 0. The first-order valence-electron chi connectivity index (χ1n) is 3.49. The van der Waals surface area contributed by atoms with E-state index < -0.39 is 0 Å². The van der Waals surface area contributed by atoms with Gasteiger partial charge in [-0.2, -0.15) is 10.2 Å². The minimum absolute atomic E-state index is 0.343. The van der Waals surface area contributed by atoms with Crippen molar-refractivity contribution in [2.75, 3.05) is 5.32 Å². The van der Waals surface area contributed by atoms with Crippen molar-refractivity contribution in [1.29, 1.82) is 0 Å². The van der Waals surface area contributed by atoms with E-state index in [0.29, 0.717) is 11.9 Å². The molecular formula is C6H5N7. The summed E-state index contributed by atoms with van der Waals surface area (Å²) in [6.07, 6.45) is 6.00. The van der Waals surface area contributed by atoms with Gasteiger partial charge in [0.25, 0.3) is 0 Å². The molecule has 0 aliphatic rings. The number of hydrogen-bond acceptors (Lipinski definition) is 7. The van der Waals surface area contributed by atoms with Crippen LogP contribution in [0.4, 0.5) is 11.9 Å². The zero-order valence-electron chi connectivity index (χ0n) is 6.49. The number of hydrogen-bond donors (Lipinski definition) is 1. The van der Waals surface area contributed by atoms with Crippen molar-refractivity contribution in [2.45, 2.75) is 0 Å². The van der Waals surface area contributed by atoms with E-state index in [1.165, 1.54) is 24.8 Å². The Kier molecular flexibility index (Phi) is 2.00. The lowest BCUT2D eigenvalue weighted by atomic mass is 10.8. The lowest BCUT2D eigenvalue weighted by Crippen LogP contribution is -2.01. The molecule has 13 heavy (non-hydrogen) atoms. The maximum absolute atomic E-state index is 3.88. The van der Waals surface area contributed by atoms with Crippen LogP contribution in [0.5, 0.6) is 0 Å². The zero-order chi connectivity index (χ0) is 8.93. The fourth-order valence-electron chi connectivity index (χ4n) is 0.710. The third kappa shape index (κ3) is 1.89. The quantitative estimate of drug-likeness (QED) is 0.675. The fraction of sp³-hybridized carbons (Fsp3) is 0.